The van der Waals surface area contributed by atoms with E-state index >= 15 is 0 Å². The van der Waals surface area contributed by atoms with Crippen LogP contribution in [0.4, 0.5) is 0 Å². The number of nitrogens with one attached hydrogen (secondary N) is 1. The first-order valence-electron chi connectivity index (χ1n) is 12.5. The van der Waals surface area contributed by atoms with E-state index in [9.17, 15) is 0 Å². The Hall–Kier alpha value is -4.18. The molecule has 1 N–H and O–H groups in total. The highest BCUT2D eigenvalue weighted by Gasteiger charge is 2.21. The molecule has 0 aliphatic heterocycles. The number of thiophene rings is 2. The summed E-state index contributed by atoms with van der Waals surface area (Å²) in [6, 6.07) is 40.0. The quantitative estimate of drug-likeness (QED) is 0.228. The molecule has 0 amide bonds. The lowest BCUT2D eigenvalue weighted by Gasteiger charge is -2.08. The van der Waals surface area contributed by atoms with Gasteiger partial charge in [0.15, 0.2) is 0 Å². The maximum absolute atomic E-state index is 3.84. The van der Waals surface area contributed by atoms with Crippen LogP contribution >= 0.6 is 22.7 Å². The fraction of sp³-hybridized carbons (Fsp3) is 0. The molecule has 172 valence electrons. The van der Waals surface area contributed by atoms with Crippen molar-refractivity contribution >= 4 is 95.6 Å². The molecule has 0 radical (unpaired) electrons. The Kier molecular flexibility index (Phi) is 3.88. The molecule has 0 spiro atoms. The van der Waals surface area contributed by atoms with Crippen LogP contribution in [0.5, 0.6) is 0 Å². The van der Waals surface area contributed by atoms with E-state index in [-0.39, 0.29) is 0 Å². The van der Waals surface area contributed by atoms with Crippen LogP contribution < -0.4 is 0 Å². The van der Waals surface area contributed by atoms with Crippen LogP contribution in [0.25, 0.3) is 84.0 Å². The first-order chi connectivity index (χ1) is 18.3. The van der Waals surface area contributed by atoms with E-state index in [1.54, 1.807) is 0 Å². The zero-order chi connectivity index (χ0) is 24.1. The number of H-pyrrole nitrogens is 1. The molecule has 3 heterocycles. The monoisotopic (exact) mass is 505 g/mol. The highest BCUT2D eigenvalue weighted by atomic mass is 32.1. The van der Waals surface area contributed by atoms with Crippen LogP contribution in [-0.4, -0.2) is 4.98 Å². The Morgan fingerprint density at radius 1 is 0.432 bits per heavy atom. The largest absolute Gasteiger partial charge is 0.353 e. The third-order valence-electron chi connectivity index (χ3n) is 7.79. The molecule has 3 aromatic heterocycles. The van der Waals surface area contributed by atoms with E-state index in [1.807, 2.05) is 22.7 Å². The molecule has 0 saturated heterocycles. The SMILES string of the molecule is c1ccc(-c2ccc3[nH]c4c5sc6ccccc6c5c5c(ccc6sc7ccccc7c65)c4c3c2)cc1. The van der Waals surface area contributed by atoms with Crippen molar-refractivity contribution in [3.63, 3.8) is 0 Å². The zero-order valence-electron chi connectivity index (χ0n) is 19.7. The Morgan fingerprint density at radius 3 is 2.00 bits per heavy atom. The second-order valence-corrected chi connectivity index (χ2v) is 11.9. The highest BCUT2D eigenvalue weighted by Crippen LogP contribution is 2.50. The summed E-state index contributed by atoms with van der Waals surface area (Å²) < 4.78 is 5.40. The van der Waals surface area contributed by atoms with Crippen LogP contribution in [0.3, 0.4) is 0 Å². The van der Waals surface area contributed by atoms with Gasteiger partial charge in [-0.2, -0.15) is 0 Å². The van der Waals surface area contributed by atoms with Gasteiger partial charge in [0, 0.05) is 57.3 Å². The van der Waals surface area contributed by atoms with Gasteiger partial charge in [-0.15, -0.1) is 22.7 Å². The summed E-state index contributed by atoms with van der Waals surface area (Å²) in [5.41, 5.74) is 4.94. The molecule has 0 unspecified atom stereocenters. The van der Waals surface area contributed by atoms with Crippen molar-refractivity contribution in [1.82, 2.24) is 4.98 Å². The molecule has 0 aliphatic rings. The Morgan fingerprint density at radius 2 is 1.16 bits per heavy atom. The third-order valence-corrected chi connectivity index (χ3v) is 10.1. The average Bonchev–Trinajstić information content (AvgIpc) is 3.64. The second kappa shape index (κ2) is 7.19. The number of aromatic nitrogens is 1. The van der Waals surface area contributed by atoms with Crippen molar-refractivity contribution in [3.8, 4) is 11.1 Å². The van der Waals surface area contributed by atoms with Crippen molar-refractivity contribution in [2.45, 2.75) is 0 Å². The van der Waals surface area contributed by atoms with E-state index in [2.05, 4.69) is 114 Å². The smallest absolute Gasteiger partial charge is 0.0653 e. The maximum atomic E-state index is 3.84. The fourth-order valence-electron chi connectivity index (χ4n) is 6.21. The lowest BCUT2D eigenvalue weighted by Crippen LogP contribution is -1.81. The minimum atomic E-state index is 1.19. The minimum absolute atomic E-state index is 1.19. The zero-order valence-corrected chi connectivity index (χ0v) is 21.3. The molecular weight excluding hydrogens is 487 g/mol. The topological polar surface area (TPSA) is 15.8 Å². The first kappa shape index (κ1) is 19.9. The van der Waals surface area contributed by atoms with Gasteiger partial charge in [-0.3, -0.25) is 0 Å². The number of hydrogen-bond acceptors (Lipinski definition) is 2. The van der Waals surface area contributed by atoms with Crippen LogP contribution in [0.1, 0.15) is 0 Å². The molecule has 0 atom stereocenters. The molecule has 9 rings (SSSR count). The summed E-state index contributed by atoms with van der Waals surface area (Å²) >= 11 is 3.81. The predicted molar refractivity (Wildman–Crippen MR) is 165 cm³/mol. The first-order valence-corrected chi connectivity index (χ1v) is 14.2. The van der Waals surface area contributed by atoms with Gasteiger partial charge in [-0.05, 0) is 46.8 Å². The normalized spacial score (nSPS) is 12.3. The molecule has 6 aromatic carbocycles. The van der Waals surface area contributed by atoms with Gasteiger partial charge in [0.1, 0.15) is 0 Å². The molecule has 0 fully saturated rings. The van der Waals surface area contributed by atoms with Crippen molar-refractivity contribution in [2.75, 3.05) is 0 Å². The van der Waals surface area contributed by atoms with Crippen molar-refractivity contribution in [1.29, 1.82) is 0 Å². The number of hydrogen-bond donors (Lipinski definition) is 1. The maximum Gasteiger partial charge on any atom is 0.0653 e. The van der Waals surface area contributed by atoms with Gasteiger partial charge in [0.05, 0.1) is 10.2 Å². The lowest BCUT2D eigenvalue weighted by atomic mass is 9.94. The van der Waals surface area contributed by atoms with Crippen molar-refractivity contribution < 1.29 is 0 Å². The Balaban J connectivity index is 1.58. The molecule has 37 heavy (non-hydrogen) atoms. The van der Waals surface area contributed by atoms with Gasteiger partial charge in [0.25, 0.3) is 0 Å². The molecule has 9 aromatic rings. The predicted octanol–water partition coefficient (Wildman–Crippen LogP) is 10.9. The van der Waals surface area contributed by atoms with Crippen molar-refractivity contribution in [3.05, 3.63) is 109 Å². The lowest BCUT2D eigenvalue weighted by molar-refractivity contribution is 1.56. The number of benzene rings is 6. The summed E-state index contributed by atoms with van der Waals surface area (Å²) in [5.74, 6) is 0. The fourth-order valence-corrected chi connectivity index (χ4v) is 8.54. The van der Waals surface area contributed by atoms with E-state index in [1.165, 1.54) is 84.0 Å². The van der Waals surface area contributed by atoms with Crippen LogP contribution in [0.15, 0.2) is 109 Å². The highest BCUT2D eigenvalue weighted by molar-refractivity contribution is 7.27. The minimum Gasteiger partial charge on any atom is -0.353 e. The van der Waals surface area contributed by atoms with Crippen LogP contribution in [0, 0.1) is 0 Å². The average molecular weight is 506 g/mol. The van der Waals surface area contributed by atoms with Crippen LogP contribution in [0.2, 0.25) is 0 Å². The van der Waals surface area contributed by atoms with E-state index < -0.39 is 0 Å². The molecule has 0 aliphatic carbocycles. The molecule has 1 nitrogen and oxygen atoms in total. The number of fused-ring (bicyclic) bond motifs is 14. The summed E-state index contributed by atoms with van der Waals surface area (Å²) in [4.78, 5) is 3.84. The third kappa shape index (κ3) is 2.63. The Bertz CT molecular complexity index is 2350. The van der Waals surface area contributed by atoms with Gasteiger partial charge in [-0.1, -0.05) is 78.9 Å². The summed E-state index contributed by atoms with van der Waals surface area (Å²) in [6.45, 7) is 0. The van der Waals surface area contributed by atoms with E-state index in [4.69, 9.17) is 0 Å². The molecular formula is C34H19NS2. The van der Waals surface area contributed by atoms with Gasteiger partial charge in [-0.25, -0.2) is 0 Å². The van der Waals surface area contributed by atoms with E-state index in [0.29, 0.717) is 0 Å². The van der Waals surface area contributed by atoms with Crippen LogP contribution in [-0.2, 0) is 0 Å². The standard InChI is InChI=1S/C34H19NS2/c1-2-8-19(9-3-1)20-14-16-25-24(18-20)29-23-15-17-28-30(21-10-4-6-12-26(21)36-28)31(23)32-22-11-5-7-13-27(22)37-34(32)33(29)35-25/h1-18,35H. The van der Waals surface area contributed by atoms with Crippen molar-refractivity contribution in [2.24, 2.45) is 0 Å². The summed E-state index contributed by atoms with van der Waals surface area (Å²) in [6.07, 6.45) is 0. The summed E-state index contributed by atoms with van der Waals surface area (Å²) in [7, 11) is 0. The van der Waals surface area contributed by atoms with Gasteiger partial charge < -0.3 is 4.98 Å². The molecule has 3 heteroatoms. The van der Waals surface area contributed by atoms with E-state index in [0.717, 1.165) is 0 Å². The summed E-state index contributed by atoms with van der Waals surface area (Å²) in [5, 5.41) is 10.8. The van der Waals surface area contributed by atoms with Gasteiger partial charge >= 0.3 is 0 Å². The molecule has 0 bridgehead atoms. The molecule has 0 saturated carbocycles. The second-order valence-electron chi connectivity index (χ2n) is 9.76. The number of aromatic amines is 1. The number of rotatable bonds is 1. The van der Waals surface area contributed by atoms with Gasteiger partial charge in [0.2, 0.25) is 0 Å². The Labute approximate surface area is 220 Å².